The molecule has 2 rings (SSSR count). The Bertz CT molecular complexity index is 553. The summed E-state index contributed by atoms with van der Waals surface area (Å²) in [4.78, 5) is 24.8. The number of nitrogens with two attached hydrogens (primary N) is 1. The molecule has 128 valence electrons. The third kappa shape index (κ3) is 4.82. The van der Waals surface area contributed by atoms with Gasteiger partial charge in [-0.2, -0.15) is 4.37 Å². The Morgan fingerprint density at radius 2 is 2.04 bits per heavy atom. The monoisotopic (exact) mass is 340 g/mol. The largest absolute Gasteiger partial charge is 0.476 e. The zero-order valence-corrected chi connectivity index (χ0v) is 14.4. The number of hydrogen-bond donors (Lipinski definition) is 2. The molecule has 1 heterocycles. The Kier molecular flexibility index (Phi) is 6.20. The molecule has 0 bridgehead atoms. The molecular formula is C15H24N4O3S. The number of anilines is 1. The number of carbonyl (C=O) groups excluding carboxylic acids is 2. The quantitative estimate of drug-likeness (QED) is 0.832. The van der Waals surface area contributed by atoms with Crippen molar-refractivity contribution in [3.05, 3.63) is 5.56 Å². The van der Waals surface area contributed by atoms with E-state index in [0.29, 0.717) is 17.5 Å². The van der Waals surface area contributed by atoms with Crippen molar-refractivity contribution in [1.29, 1.82) is 0 Å². The molecule has 1 saturated carbocycles. The van der Waals surface area contributed by atoms with Crippen LogP contribution in [0.25, 0.3) is 0 Å². The van der Waals surface area contributed by atoms with Crippen molar-refractivity contribution in [2.75, 3.05) is 26.0 Å². The first-order valence-electron chi connectivity index (χ1n) is 7.89. The van der Waals surface area contributed by atoms with E-state index in [0.717, 1.165) is 18.0 Å². The lowest BCUT2D eigenvalue weighted by Crippen LogP contribution is -2.28. The zero-order valence-electron chi connectivity index (χ0n) is 13.6. The van der Waals surface area contributed by atoms with Gasteiger partial charge in [-0.1, -0.05) is 32.1 Å². The van der Waals surface area contributed by atoms with Crippen LogP contribution >= 0.6 is 11.5 Å². The minimum absolute atomic E-state index is 0.147. The van der Waals surface area contributed by atoms with Gasteiger partial charge < -0.3 is 15.4 Å². The van der Waals surface area contributed by atoms with E-state index in [1.807, 2.05) is 0 Å². The predicted molar refractivity (Wildman–Crippen MR) is 90.0 cm³/mol. The number of carbonyl (C=O) groups is 2. The summed E-state index contributed by atoms with van der Waals surface area (Å²) in [6.07, 6.45) is 7.34. The van der Waals surface area contributed by atoms with Crippen molar-refractivity contribution in [2.24, 2.45) is 11.7 Å². The van der Waals surface area contributed by atoms with E-state index in [-0.39, 0.29) is 17.5 Å². The normalized spacial score (nSPS) is 15.2. The smallest absolute Gasteiger partial charge is 0.321 e. The number of amides is 3. The maximum Gasteiger partial charge on any atom is 0.321 e. The average Bonchev–Trinajstić information content (AvgIpc) is 2.91. The van der Waals surface area contributed by atoms with Gasteiger partial charge in [0.1, 0.15) is 10.6 Å². The van der Waals surface area contributed by atoms with Crippen LogP contribution in [0.3, 0.4) is 0 Å². The molecule has 0 atom stereocenters. The lowest BCUT2D eigenvalue weighted by molar-refractivity contribution is 0.0996. The van der Waals surface area contributed by atoms with E-state index in [1.165, 1.54) is 37.0 Å². The van der Waals surface area contributed by atoms with E-state index in [4.69, 9.17) is 10.5 Å². The van der Waals surface area contributed by atoms with Gasteiger partial charge in [-0.05, 0) is 23.9 Å². The molecule has 0 saturated heterocycles. The molecule has 1 fully saturated rings. The van der Waals surface area contributed by atoms with Crippen molar-refractivity contribution in [1.82, 2.24) is 9.27 Å². The van der Waals surface area contributed by atoms with E-state index >= 15 is 0 Å². The standard InChI is InChI=1S/C15H24N4O3S/c1-19(2)15(21)17-14-11(12(16)20)13(18-23-14)22-9-8-10-6-4-3-5-7-10/h10H,3-9H2,1-2H3,(H2,16,20)(H,17,21). The minimum atomic E-state index is -0.652. The van der Waals surface area contributed by atoms with Crippen LogP contribution in [0.2, 0.25) is 0 Å². The highest BCUT2D eigenvalue weighted by Gasteiger charge is 2.22. The van der Waals surface area contributed by atoms with E-state index in [2.05, 4.69) is 9.69 Å². The molecule has 23 heavy (non-hydrogen) atoms. The molecule has 3 N–H and O–H groups in total. The van der Waals surface area contributed by atoms with Gasteiger partial charge >= 0.3 is 6.03 Å². The number of hydrogen-bond acceptors (Lipinski definition) is 5. The maximum absolute atomic E-state index is 11.7. The van der Waals surface area contributed by atoms with Gasteiger partial charge in [0.05, 0.1) is 6.61 Å². The average molecular weight is 340 g/mol. The van der Waals surface area contributed by atoms with Crippen molar-refractivity contribution < 1.29 is 14.3 Å². The number of ether oxygens (including phenoxy) is 1. The molecule has 0 aliphatic heterocycles. The Morgan fingerprint density at radius 1 is 1.35 bits per heavy atom. The second-order valence-electron chi connectivity index (χ2n) is 6.02. The summed E-state index contributed by atoms with van der Waals surface area (Å²) in [5.74, 6) is 0.250. The summed E-state index contributed by atoms with van der Waals surface area (Å²) in [5, 5.41) is 2.94. The summed E-state index contributed by atoms with van der Waals surface area (Å²) >= 11 is 1.00. The molecule has 0 radical (unpaired) electrons. The highest BCUT2D eigenvalue weighted by Crippen LogP contribution is 2.31. The highest BCUT2D eigenvalue weighted by molar-refractivity contribution is 7.11. The van der Waals surface area contributed by atoms with Crippen LogP contribution in [-0.4, -0.2) is 41.9 Å². The first-order valence-corrected chi connectivity index (χ1v) is 8.67. The molecular weight excluding hydrogens is 316 g/mol. The maximum atomic E-state index is 11.7. The van der Waals surface area contributed by atoms with Crippen LogP contribution in [0.1, 0.15) is 48.9 Å². The van der Waals surface area contributed by atoms with Crippen LogP contribution in [-0.2, 0) is 0 Å². The van der Waals surface area contributed by atoms with Crippen molar-refractivity contribution in [3.8, 4) is 5.88 Å². The van der Waals surface area contributed by atoms with Crippen molar-refractivity contribution in [2.45, 2.75) is 38.5 Å². The lowest BCUT2D eigenvalue weighted by atomic mass is 9.87. The van der Waals surface area contributed by atoms with Crippen LogP contribution in [0.4, 0.5) is 9.80 Å². The number of primary amides is 1. The summed E-state index contributed by atoms with van der Waals surface area (Å²) < 4.78 is 9.78. The van der Waals surface area contributed by atoms with Gasteiger partial charge in [0, 0.05) is 14.1 Å². The molecule has 1 aliphatic rings. The molecule has 0 unspecified atom stereocenters. The van der Waals surface area contributed by atoms with Gasteiger partial charge in [-0.15, -0.1) is 0 Å². The molecule has 1 aromatic heterocycles. The van der Waals surface area contributed by atoms with Crippen LogP contribution in [0.5, 0.6) is 5.88 Å². The molecule has 0 spiro atoms. The van der Waals surface area contributed by atoms with Gasteiger partial charge in [0.15, 0.2) is 0 Å². The second kappa shape index (κ2) is 8.14. The molecule has 3 amide bonds. The SMILES string of the molecule is CN(C)C(=O)Nc1snc(OCCC2CCCCC2)c1C(N)=O. The summed E-state index contributed by atoms with van der Waals surface area (Å²) in [6.45, 7) is 0.510. The van der Waals surface area contributed by atoms with Crippen LogP contribution < -0.4 is 15.8 Å². The van der Waals surface area contributed by atoms with E-state index in [9.17, 15) is 9.59 Å². The number of urea groups is 1. The van der Waals surface area contributed by atoms with Gasteiger partial charge in [-0.3, -0.25) is 10.1 Å². The fraction of sp³-hybridized carbons (Fsp3) is 0.667. The van der Waals surface area contributed by atoms with E-state index < -0.39 is 5.91 Å². The summed E-state index contributed by atoms with van der Waals surface area (Å²) in [7, 11) is 3.23. The fourth-order valence-electron chi connectivity index (χ4n) is 2.68. The topological polar surface area (TPSA) is 97.6 Å². The molecule has 1 aromatic rings. The Hall–Kier alpha value is -1.83. The third-order valence-electron chi connectivity index (χ3n) is 4.02. The number of aromatic nitrogens is 1. The van der Waals surface area contributed by atoms with E-state index in [1.54, 1.807) is 14.1 Å². The molecule has 0 aromatic carbocycles. The number of nitrogens with one attached hydrogen (secondary N) is 1. The number of nitrogens with zero attached hydrogens (tertiary/aromatic N) is 2. The van der Waals surface area contributed by atoms with Gasteiger partial charge in [0.25, 0.3) is 5.91 Å². The summed E-state index contributed by atoms with van der Waals surface area (Å²) in [6, 6.07) is -0.343. The van der Waals surface area contributed by atoms with Crippen molar-refractivity contribution >= 4 is 28.5 Å². The Labute approximate surface area is 140 Å². The van der Waals surface area contributed by atoms with Crippen molar-refractivity contribution in [3.63, 3.8) is 0 Å². The molecule has 8 heteroatoms. The highest BCUT2D eigenvalue weighted by atomic mass is 32.1. The summed E-state index contributed by atoms with van der Waals surface area (Å²) in [5.41, 5.74) is 5.56. The lowest BCUT2D eigenvalue weighted by Gasteiger charge is -2.21. The second-order valence-corrected chi connectivity index (χ2v) is 6.80. The van der Waals surface area contributed by atoms with Crippen LogP contribution in [0, 0.1) is 5.92 Å². The minimum Gasteiger partial charge on any atom is -0.476 e. The van der Waals surface area contributed by atoms with Gasteiger partial charge in [0.2, 0.25) is 5.88 Å². The third-order valence-corrected chi connectivity index (χ3v) is 4.77. The molecule has 7 nitrogen and oxygen atoms in total. The number of rotatable bonds is 6. The van der Waals surface area contributed by atoms with Gasteiger partial charge in [-0.25, -0.2) is 4.79 Å². The van der Waals surface area contributed by atoms with Crippen LogP contribution in [0.15, 0.2) is 0 Å². The zero-order chi connectivity index (χ0) is 16.8. The first kappa shape index (κ1) is 17.5. The Balaban J connectivity index is 1.96. The predicted octanol–water partition coefficient (Wildman–Crippen LogP) is 2.68. The Morgan fingerprint density at radius 3 is 2.65 bits per heavy atom. The molecule has 1 aliphatic carbocycles. The first-order chi connectivity index (χ1) is 11.0. The fourth-order valence-corrected chi connectivity index (χ4v) is 3.41.